The summed E-state index contributed by atoms with van der Waals surface area (Å²) in [5.41, 5.74) is 0. The lowest BCUT2D eigenvalue weighted by atomic mass is 10.1. The van der Waals surface area contributed by atoms with Crippen LogP contribution < -0.4 is 0 Å². The van der Waals surface area contributed by atoms with Crippen LogP contribution in [-0.4, -0.2) is 12.6 Å². The van der Waals surface area contributed by atoms with E-state index in [1.165, 1.54) is 6.92 Å². The topological polar surface area (TPSA) is 50.1 Å². The van der Waals surface area contributed by atoms with Gasteiger partial charge >= 0.3 is 5.97 Å². The van der Waals surface area contributed by atoms with Gasteiger partial charge < -0.3 is 4.74 Å². The molecule has 0 bridgehead atoms. The Balaban J connectivity index is 3.35. The fourth-order valence-electron chi connectivity index (χ4n) is 1.42. The van der Waals surface area contributed by atoms with Crippen molar-refractivity contribution in [2.45, 2.75) is 52.4 Å². The summed E-state index contributed by atoms with van der Waals surface area (Å²) in [6.45, 7) is 4.01. The fourth-order valence-corrected chi connectivity index (χ4v) is 1.42. The Bertz CT molecular complexity index is 266. The summed E-state index contributed by atoms with van der Waals surface area (Å²) >= 11 is 0. The van der Waals surface area contributed by atoms with E-state index < -0.39 is 0 Å². The fraction of sp³-hybridized carbons (Fsp3) is 0.714. The first-order valence-corrected chi connectivity index (χ1v) is 6.32. The lowest BCUT2D eigenvalue weighted by Gasteiger charge is -2.07. The molecule has 0 heterocycles. The lowest BCUT2D eigenvalue weighted by Crippen LogP contribution is -2.08. The van der Waals surface area contributed by atoms with E-state index in [0.717, 1.165) is 32.1 Å². The molecule has 0 saturated carbocycles. The summed E-state index contributed by atoms with van der Waals surface area (Å²) in [4.78, 5) is 10.6. The molecule has 1 atom stereocenters. The van der Waals surface area contributed by atoms with Crippen molar-refractivity contribution in [1.82, 2.24) is 0 Å². The Hall–Kier alpha value is -1.30. The van der Waals surface area contributed by atoms with Crippen LogP contribution in [0.4, 0.5) is 0 Å². The highest BCUT2D eigenvalue weighted by Crippen LogP contribution is 2.06. The number of esters is 1. The molecule has 0 aromatic heterocycles. The third-order valence-corrected chi connectivity index (χ3v) is 2.44. The van der Waals surface area contributed by atoms with Crippen molar-refractivity contribution in [3.63, 3.8) is 0 Å². The van der Waals surface area contributed by atoms with Crippen molar-refractivity contribution >= 4 is 5.97 Å². The van der Waals surface area contributed by atoms with Crippen molar-refractivity contribution in [3.8, 4) is 6.07 Å². The summed E-state index contributed by atoms with van der Waals surface area (Å²) in [6, 6.07) is 2.15. The summed E-state index contributed by atoms with van der Waals surface area (Å²) in [5, 5.41) is 8.36. The number of nitrogens with zero attached hydrogens (tertiary/aromatic N) is 1. The normalized spacial score (nSPS) is 12.3. The largest absolute Gasteiger partial charge is 0.466 e. The molecule has 1 unspecified atom stereocenters. The molecule has 3 nitrogen and oxygen atoms in total. The van der Waals surface area contributed by atoms with Crippen molar-refractivity contribution in [3.05, 3.63) is 12.2 Å². The van der Waals surface area contributed by atoms with Crippen LogP contribution in [0.2, 0.25) is 0 Å². The predicted molar refractivity (Wildman–Crippen MR) is 68.3 cm³/mol. The average Bonchev–Trinajstić information content (AvgIpc) is 2.30. The van der Waals surface area contributed by atoms with E-state index >= 15 is 0 Å². The van der Waals surface area contributed by atoms with Crippen LogP contribution in [0, 0.1) is 17.2 Å². The van der Waals surface area contributed by atoms with Gasteiger partial charge in [0.15, 0.2) is 0 Å². The van der Waals surface area contributed by atoms with Crippen molar-refractivity contribution in [1.29, 1.82) is 5.26 Å². The Morgan fingerprint density at radius 2 is 2.12 bits per heavy atom. The van der Waals surface area contributed by atoms with E-state index in [-0.39, 0.29) is 5.97 Å². The average molecular weight is 237 g/mol. The van der Waals surface area contributed by atoms with E-state index in [2.05, 4.69) is 25.1 Å². The third-order valence-electron chi connectivity index (χ3n) is 2.44. The first-order valence-electron chi connectivity index (χ1n) is 6.32. The molecule has 0 amide bonds. The minimum Gasteiger partial charge on any atom is -0.466 e. The van der Waals surface area contributed by atoms with Crippen LogP contribution in [0.25, 0.3) is 0 Å². The second-order valence-corrected chi connectivity index (χ2v) is 4.37. The monoisotopic (exact) mass is 237 g/mol. The molecule has 0 saturated heterocycles. The molecular formula is C14H23NO2. The molecule has 0 spiro atoms. The number of carbonyl (C=O) groups is 1. The van der Waals surface area contributed by atoms with Gasteiger partial charge in [0.25, 0.3) is 0 Å². The van der Waals surface area contributed by atoms with Crippen LogP contribution in [-0.2, 0) is 9.53 Å². The molecular weight excluding hydrogens is 214 g/mol. The number of ether oxygens (including phenoxy) is 1. The molecule has 0 aromatic carbocycles. The number of hydrogen-bond donors (Lipinski definition) is 0. The zero-order chi connectivity index (χ0) is 12.9. The van der Waals surface area contributed by atoms with Crippen molar-refractivity contribution in [2.75, 3.05) is 6.61 Å². The lowest BCUT2D eigenvalue weighted by molar-refractivity contribution is -0.142. The zero-order valence-electron chi connectivity index (χ0n) is 10.9. The third kappa shape index (κ3) is 12.6. The molecule has 0 radical (unpaired) electrons. The van der Waals surface area contributed by atoms with Crippen LogP contribution in [0.15, 0.2) is 12.2 Å². The second-order valence-electron chi connectivity index (χ2n) is 4.37. The summed E-state index contributed by atoms with van der Waals surface area (Å²) < 4.78 is 4.92. The summed E-state index contributed by atoms with van der Waals surface area (Å²) in [7, 11) is 0. The van der Waals surface area contributed by atoms with Gasteiger partial charge in [0, 0.05) is 13.3 Å². The van der Waals surface area contributed by atoms with Gasteiger partial charge in [-0.05, 0) is 31.6 Å². The summed E-state index contributed by atoms with van der Waals surface area (Å²) in [6.07, 6.45) is 10.3. The van der Waals surface area contributed by atoms with Gasteiger partial charge in [0.05, 0.1) is 12.7 Å². The first-order chi connectivity index (χ1) is 8.16. The molecule has 0 aliphatic carbocycles. The van der Waals surface area contributed by atoms with Gasteiger partial charge in [-0.3, -0.25) is 4.79 Å². The Morgan fingerprint density at radius 1 is 1.35 bits per heavy atom. The molecule has 0 fully saturated rings. The highest BCUT2D eigenvalue weighted by atomic mass is 16.5. The zero-order valence-corrected chi connectivity index (χ0v) is 10.9. The van der Waals surface area contributed by atoms with E-state index in [0.29, 0.717) is 18.9 Å². The van der Waals surface area contributed by atoms with Gasteiger partial charge in [-0.25, -0.2) is 0 Å². The van der Waals surface area contributed by atoms with Gasteiger partial charge in [-0.2, -0.15) is 5.26 Å². The summed E-state index contributed by atoms with van der Waals surface area (Å²) in [5.74, 6) is 0.173. The Kier molecular flexibility index (Phi) is 10.3. The van der Waals surface area contributed by atoms with Crippen LogP contribution in [0.1, 0.15) is 52.4 Å². The van der Waals surface area contributed by atoms with Crippen molar-refractivity contribution in [2.24, 2.45) is 5.92 Å². The van der Waals surface area contributed by atoms with Gasteiger partial charge in [-0.1, -0.05) is 25.5 Å². The molecule has 0 rings (SSSR count). The highest BCUT2D eigenvalue weighted by Gasteiger charge is 2.01. The molecule has 96 valence electrons. The molecule has 0 aliphatic rings. The van der Waals surface area contributed by atoms with E-state index in [9.17, 15) is 4.79 Å². The maximum atomic E-state index is 10.6. The Labute approximate surface area is 104 Å². The Morgan fingerprint density at radius 3 is 2.76 bits per heavy atom. The number of rotatable bonds is 9. The quantitative estimate of drug-likeness (QED) is 0.350. The molecule has 3 heteroatoms. The minimum atomic E-state index is -0.210. The van der Waals surface area contributed by atoms with Crippen LogP contribution >= 0.6 is 0 Å². The predicted octanol–water partition coefficient (Wildman–Crippen LogP) is 3.61. The van der Waals surface area contributed by atoms with E-state index in [4.69, 9.17) is 10.00 Å². The van der Waals surface area contributed by atoms with Crippen LogP contribution in [0.3, 0.4) is 0 Å². The maximum Gasteiger partial charge on any atom is 0.302 e. The van der Waals surface area contributed by atoms with E-state index in [1.807, 2.05) is 0 Å². The standard InChI is InChI=1S/C14H23NO2/c1-13(12-17-14(2)16)10-8-6-4-3-5-7-9-11-15/h6,8,13H,3-5,7,9-10,12H2,1-2H3/b8-6+. The number of carbonyl (C=O) groups excluding carboxylic acids is 1. The van der Waals surface area contributed by atoms with Gasteiger partial charge in [-0.15, -0.1) is 0 Å². The van der Waals surface area contributed by atoms with E-state index in [1.54, 1.807) is 0 Å². The SMILES string of the molecule is CC(=O)OCC(C)C/C=C/CCCCCC#N. The first kappa shape index (κ1) is 15.7. The van der Waals surface area contributed by atoms with Gasteiger partial charge in [0.1, 0.15) is 0 Å². The van der Waals surface area contributed by atoms with Gasteiger partial charge in [0.2, 0.25) is 0 Å². The maximum absolute atomic E-state index is 10.6. The number of nitriles is 1. The number of unbranched alkanes of at least 4 members (excludes halogenated alkanes) is 4. The molecule has 0 aromatic rings. The molecule has 0 N–H and O–H groups in total. The smallest absolute Gasteiger partial charge is 0.302 e. The second kappa shape index (κ2) is 11.2. The minimum absolute atomic E-state index is 0.210. The highest BCUT2D eigenvalue weighted by molar-refractivity contribution is 5.65. The van der Waals surface area contributed by atoms with Crippen molar-refractivity contribution < 1.29 is 9.53 Å². The molecule has 17 heavy (non-hydrogen) atoms. The number of hydrogen-bond acceptors (Lipinski definition) is 3. The molecule has 0 aliphatic heterocycles. The number of allylic oxidation sites excluding steroid dienone is 2. The van der Waals surface area contributed by atoms with Crippen LogP contribution in [0.5, 0.6) is 0 Å².